The molecule has 0 aromatic heterocycles. The van der Waals surface area contributed by atoms with Gasteiger partial charge in [0, 0.05) is 12.1 Å². The zero-order valence-electron chi connectivity index (χ0n) is 14.8. The molecule has 0 N–H and O–H groups in total. The zero-order chi connectivity index (χ0) is 16.1. The SMILES string of the molecule is CC1CCCCN1C1CCC(CCOc2ccc(F)cc2)CC1.Cl. The van der Waals surface area contributed by atoms with Gasteiger partial charge in [-0.1, -0.05) is 6.42 Å². The molecule has 1 aromatic carbocycles. The van der Waals surface area contributed by atoms with Crippen LogP contribution in [-0.4, -0.2) is 30.1 Å². The summed E-state index contributed by atoms with van der Waals surface area (Å²) in [7, 11) is 0. The first-order valence-corrected chi connectivity index (χ1v) is 9.36. The molecule has 1 unspecified atom stereocenters. The van der Waals surface area contributed by atoms with Gasteiger partial charge in [-0.2, -0.15) is 0 Å². The van der Waals surface area contributed by atoms with Gasteiger partial charge in [0.2, 0.25) is 0 Å². The maximum absolute atomic E-state index is 12.9. The van der Waals surface area contributed by atoms with Crippen molar-refractivity contribution in [2.45, 2.75) is 70.4 Å². The van der Waals surface area contributed by atoms with Gasteiger partial charge in [0.15, 0.2) is 0 Å². The van der Waals surface area contributed by atoms with Gasteiger partial charge < -0.3 is 4.74 Å². The predicted molar refractivity (Wildman–Crippen MR) is 99.5 cm³/mol. The van der Waals surface area contributed by atoms with Crippen molar-refractivity contribution in [1.29, 1.82) is 0 Å². The minimum atomic E-state index is -0.206. The highest BCUT2D eigenvalue weighted by molar-refractivity contribution is 5.85. The molecule has 0 radical (unpaired) electrons. The summed E-state index contributed by atoms with van der Waals surface area (Å²) in [6.07, 6.45) is 10.7. The molecule has 1 saturated heterocycles. The van der Waals surface area contributed by atoms with E-state index < -0.39 is 0 Å². The lowest BCUT2D eigenvalue weighted by atomic mass is 9.82. The van der Waals surface area contributed by atoms with Crippen molar-refractivity contribution in [3.05, 3.63) is 30.1 Å². The molecule has 1 heterocycles. The van der Waals surface area contributed by atoms with Crippen LogP contribution in [0.2, 0.25) is 0 Å². The molecule has 2 nitrogen and oxygen atoms in total. The number of hydrogen-bond donors (Lipinski definition) is 0. The molecule has 0 spiro atoms. The van der Waals surface area contributed by atoms with E-state index in [2.05, 4.69) is 11.8 Å². The third-order valence-electron chi connectivity index (χ3n) is 5.75. The second-order valence-corrected chi connectivity index (χ2v) is 7.35. The van der Waals surface area contributed by atoms with Crippen LogP contribution < -0.4 is 4.74 Å². The first-order valence-electron chi connectivity index (χ1n) is 9.36. The number of halogens is 2. The Labute approximate surface area is 152 Å². The average molecular weight is 356 g/mol. The van der Waals surface area contributed by atoms with E-state index in [9.17, 15) is 4.39 Å². The third-order valence-corrected chi connectivity index (χ3v) is 5.75. The van der Waals surface area contributed by atoms with E-state index in [1.807, 2.05) is 0 Å². The summed E-state index contributed by atoms with van der Waals surface area (Å²) in [5.41, 5.74) is 0. The van der Waals surface area contributed by atoms with Crippen LogP contribution in [0.5, 0.6) is 5.75 Å². The Kier molecular flexibility index (Phi) is 7.83. The van der Waals surface area contributed by atoms with E-state index in [1.54, 1.807) is 12.1 Å². The number of ether oxygens (including phenoxy) is 1. The van der Waals surface area contributed by atoms with Gasteiger partial charge in [-0.3, -0.25) is 4.90 Å². The average Bonchev–Trinajstić information content (AvgIpc) is 2.58. The lowest BCUT2D eigenvalue weighted by molar-refractivity contribution is 0.0680. The highest BCUT2D eigenvalue weighted by Crippen LogP contribution is 2.32. The quantitative estimate of drug-likeness (QED) is 0.696. The molecule has 4 heteroatoms. The molecule has 2 aliphatic rings. The van der Waals surface area contributed by atoms with Crippen molar-refractivity contribution in [3.63, 3.8) is 0 Å². The fourth-order valence-corrected chi connectivity index (χ4v) is 4.30. The number of hydrogen-bond acceptors (Lipinski definition) is 2. The van der Waals surface area contributed by atoms with Gasteiger partial charge in [-0.15, -0.1) is 12.4 Å². The molecule has 2 fully saturated rings. The van der Waals surface area contributed by atoms with Gasteiger partial charge in [0.25, 0.3) is 0 Å². The van der Waals surface area contributed by atoms with Gasteiger partial charge in [0.1, 0.15) is 11.6 Å². The molecule has 1 aliphatic carbocycles. The molecule has 1 atom stereocenters. The second-order valence-electron chi connectivity index (χ2n) is 7.35. The number of likely N-dealkylation sites (tertiary alicyclic amines) is 1. The van der Waals surface area contributed by atoms with Crippen molar-refractivity contribution >= 4 is 12.4 Å². The van der Waals surface area contributed by atoms with Gasteiger partial charge in [-0.25, -0.2) is 4.39 Å². The summed E-state index contributed by atoms with van der Waals surface area (Å²) in [5, 5.41) is 0. The van der Waals surface area contributed by atoms with Crippen LogP contribution in [-0.2, 0) is 0 Å². The molecule has 0 bridgehead atoms. The molecule has 1 aromatic rings. The van der Waals surface area contributed by atoms with E-state index in [0.717, 1.165) is 36.8 Å². The van der Waals surface area contributed by atoms with Crippen molar-refractivity contribution in [3.8, 4) is 5.75 Å². The summed E-state index contributed by atoms with van der Waals surface area (Å²) in [5.74, 6) is 1.37. The smallest absolute Gasteiger partial charge is 0.123 e. The largest absolute Gasteiger partial charge is 0.494 e. The van der Waals surface area contributed by atoms with E-state index in [-0.39, 0.29) is 18.2 Å². The Hall–Kier alpha value is -0.800. The molecule has 1 saturated carbocycles. The Bertz CT molecular complexity index is 473. The highest BCUT2D eigenvalue weighted by Gasteiger charge is 2.29. The number of piperidine rings is 1. The van der Waals surface area contributed by atoms with E-state index in [4.69, 9.17) is 4.74 Å². The monoisotopic (exact) mass is 355 g/mol. The van der Waals surface area contributed by atoms with Crippen molar-refractivity contribution < 1.29 is 9.13 Å². The Morgan fingerprint density at radius 2 is 1.75 bits per heavy atom. The first kappa shape index (κ1) is 19.5. The zero-order valence-corrected chi connectivity index (χ0v) is 15.6. The summed E-state index contributed by atoms with van der Waals surface area (Å²) in [6, 6.07) is 7.95. The van der Waals surface area contributed by atoms with E-state index in [0.29, 0.717) is 0 Å². The molecular formula is C20H31ClFNO. The molecule has 1 aliphatic heterocycles. The van der Waals surface area contributed by atoms with Gasteiger partial charge >= 0.3 is 0 Å². The molecular weight excluding hydrogens is 325 g/mol. The molecule has 0 amide bonds. The maximum atomic E-state index is 12.9. The summed E-state index contributed by atoms with van der Waals surface area (Å²) in [4.78, 5) is 2.77. The fraction of sp³-hybridized carbons (Fsp3) is 0.700. The highest BCUT2D eigenvalue weighted by atomic mass is 35.5. The van der Waals surface area contributed by atoms with Crippen molar-refractivity contribution in [2.24, 2.45) is 5.92 Å². The third kappa shape index (κ3) is 5.35. The Balaban J connectivity index is 0.00000208. The lowest BCUT2D eigenvalue weighted by Gasteiger charge is -2.42. The number of rotatable bonds is 5. The van der Waals surface area contributed by atoms with Gasteiger partial charge in [0.05, 0.1) is 6.61 Å². The van der Waals surface area contributed by atoms with E-state index >= 15 is 0 Å². The lowest BCUT2D eigenvalue weighted by Crippen LogP contribution is -2.46. The predicted octanol–water partition coefficient (Wildman–Crippen LogP) is 5.45. The molecule has 24 heavy (non-hydrogen) atoms. The Morgan fingerprint density at radius 3 is 2.42 bits per heavy atom. The maximum Gasteiger partial charge on any atom is 0.123 e. The van der Waals surface area contributed by atoms with Crippen LogP contribution in [0.15, 0.2) is 24.3 Å². The Morgan fingerprint density at radius 1 is 1.04 bits per heavy atom. The van der Waals surface area contributed by atoms with Gasteiger partial charge in [-0.05, 0) is 88.6 Å². The normalized spacial score (nSPS) is 28.2. The van der Waals surface area contributed by atoms with Crippen LogP contribution in [0.1, 0.15) is 58.3 Å². The minimum absolute atomic E-state index is 0. The fourth-order valence-electron chi connectivity index (χ4n) is 4.30. The van der Waals surface area contributed by atoms with Crippen LogP contribution in [0, 0.1) is 11.7 Å². The standard InChI is InChI=1S/C20H30FNO.ClH/c1-16-4-2-3-14-22(16)19-9-5-17(6-10-19)13-15-23-20-11-7-18(21)8-12-20;/h7-8,11-12,16-17,19H,2-6,9-10,13-15H2,1H3;1H. The second kappa shape index (κ2) is 9.62. The van der Waals surface area contributed by atoms with Crippen molar-refractivity contribution in [1.82, 2.24) is 4.90 Å². The van der Waals surface area contributed by atoms with Crippen LogP contribution >= 0.6 is 12.4 Å². The molecule has 3 rings (SSSR count). The summed E-state index contributed by atoms with van der Waals surface area (Å²) in [6.45, 7) is 4.47. The summed E-state index contributed by atoms with van der Waals surface area (Å²) >= 11 is 0. The first-order chi connectivity index (χ1) is 11.2. The molecule has 136 valence electrons. The van der Waals surface area contributed by atoms with E-state index in [1.165, 1.54) is 63.6 Å². The number of benzene rings is 1. The van der Waals surface area contributed by atoms with Crippen LogP contribution in [0.25, 0.3) is 0 Å². The topological polar surface area (TPSA) is 12.5 Å². The van der Waals surface area contributed by atoms with Crippen LogP contribution in [0.4, 0.5) is 4.39 Å². The summed E-state index contributed by atoms with van der Waals surface area (Å²) < 4.78 is 18.6. The van der Waals surface area contributed by atoms with Crippen LogP contribution in [0.3, 0.4) is 0 Å². The number of nitrogens with zero attached hydrogens (tertiary/aromatic N) is 1. The minimum Gasteiger partial charge on any atom is -0.494 e. The van der Waals surface area contributed by atoms with Crippen molar-refractivity contribution in [2.75, 3.05) is 13.2 Å².